The molecule has 0 spiro atoms. The summed E-state index contributed by atoms with van der Waals surface area (Å²) in [7, 11) is 0. The minimum Gasteiger partial charge on any atom is -0.474 e. The van der Waals surface area contributed by atoms with Crippen LogP contribution in [0.1, 0.15) is 38.7 Å². The van der Waals surface area contributed by atoms with Crippen LogP contribution in [0.2, 0.25) is 0 Å². The third-order valence-electron chi connectivity index (χ3n) is 4.16. The Labute approximate surface area is 130 Å². The average Bonchev–Trinajstić information content (AvgIpc) is 2.52. The molecule has 22 heavy (non-hydrogen) atoms. The van der Waals surface area contributed by atoms with Crippen LogP contribution in [0.15, 0.2) is 23.4 Å². The quantitative estimate of drug-likeness (QED) is 0.886. The lowest BCUT2D eigenvalue weighted by Crippen LogP contribution is -2.41. The SMILES string of the molecule is CC1(C)CC(c2ccc(OC3CCNCC3)nc2)=NNC1=O. The predicted molar refractivity (Wildman–Crippen MR) is 83.8 cm³/mol. The zero-order valence-electron chi connectivity index (χ0n) is 13.1. The molecular formula is C16H22N4O2. The molecule has 6 nitrogen and oxygen atoms in total. The highest BCUT2D eigenvalue weighted by Gasteiger charge is 2.33. The van der Waals surface area contributed by atoms with Crippen molar-refractivity contribution in [3.8, 4) is 5.88 Å². The van der Waals surface area contributed by atoms with Crippen molar-refractivity contribution < 1.29 is 9.53 Å². The van der Waals surface area contributed by atoms with Crippen molar-refractivity contribution in [2.45, 2.75) is 39.2 Å². The number of ether oxygens (including phenoxy) is 1. The van der Waals surface area contributed by atoms with Crippen LogP contribution in [-0.4, -0.2) is 35.8 Å². The Morgan fingerprint density at radius 3 is 2.68 bits per heavy atom. The van der Waals surface area contributed by atoms with Crippen molar-refractivity contribution in [3.05, 3.63) is 23.9 Å². The van der Waals surface area contributed by atoms with Crippen LogP contribution in [-0.2, 0) is 4.79 Å². The van der Waals surface area contributed by atoms with Crippen LogP contribution in [0.25, 0.3) is 0 Å². The molecule has 0 aliphatic carbocycles. The number of nitrogens with one attached hydrogen (secondary N) is 2. The Balaban J connectivity index is 1.67. The summed E-state index contributed by atoms with van der Waals surface area (Å²) in [4.78, 5) is 16.1. The van der Waals surface area contributed by atoms with E-state index in [1.54, 1.807) is 6.20 Å². The zero-order valence-corrected chi connectivity index (χ0v) is 13.1. The van der Waals surface area contributed by atoms with Crippen LogP contribution in [0.5, 0.6) is 5.88 Å². The van der Waals surface area contributed by atoms with E-state index in [0.29, 0.717) is 12.3 Å². The number of amides is 1. The van der Waals surface area contributed by atoms with E-state index in [4.69, 9.17) is 4.74 Å². The number of nitrogens with zero attached hydrogens (tertiary/aromatic N) is 2. The highest BCUT2D eigenvalue weighted by molar-refractivity contribution is 6.05. The number of carbonyl (C=O) groups excluding carboxylic acids is 1. The molecule has 3 rings (SSSR count). The number of carbonyl (C=O) groups is 1. The predicted octanol–water partition coefficient (Wildman–Crippen LogP) is 1.46. The zero-order chi connectivity index (χ0) is 15.6. The van der Waals surface area contributed by atoms with Gasteiger partial charge in [-0.25, -0.2) is 10.4 Å². The molecule has 2 aliphatic heterocycles. The lowest BCUT2D eigenvalue weighted by molar-refractivity contribution is -0.129. The summed E-state index contributed by atoms with van der Waals surface area (Å²) in [6, 6.07) is 3.83. The fourth-order valence-corrected chi connectivity index (χ4v) is 2.68. The van der Waals surface area contributed by atoms with Gasteiger partial charge in [-0.05, 0) is 32.0 Å². The maximum atomic E-state index is 11.7. The average molecular weight is 302 g/mol. The van der Waals surface area contributed by atoms with Gasteiger partial charge in [0.05, 0.1) is 11.1 Å². The lowest BCUT2D eigenvalue weighted by atomic mass is 9.83. The van der Waals surface area contributed by atoms with Gasteiger partial charge in [-0.2, -0.15) is 5.10 Å². The molecule has 0 unspecified atom stereocenters. The number of pyridine rings is 1. The number of hydrogen-bond acceptors (Lipinski definition) is 5. The number of piperidine rings is 1. The van der Waals surface area contributed by atoms with E-state index in [0.717, 1.165) is 37.2 Å². The van der Waals surface area contributed by atoms with E-state index < -0.39 is 5.41 Å². The Kier molecular flexibility index (Phi) is 4.11. The van der Waals surface area contributed by atoms with Gasteiger partial charge in [0.15, 0.2) is 0 Å². The van der Waals surface area contributed by atoms with E-state index in [1.165, 1.54) is 0 Å². The van der Waals surface area contributed by atoms with Gasteiger partial charge in [-0.1, -0.05) is 13.8 Å². The largest absolute Gasteiger partial charge is 0.474 e. The summed E-state index contributed by atoms with van der Waals surface area (Å²) in [5.41, 5.74) is 3.92. The highest BCUT2D eigenvalue weighted by atomic mass is 16.5. The summed E-state index contributed by atoms with van der Waals surface area (Å²) >= 11 is 0. The Morgan fingerprint density at radius 2 is 2.05 bits per heavy atom. The molecule has 1 fully saturated rings. The molecule has 118 valence electrons. The van der Waals surface area contributed by atoms with E-state index in [9.17, 15) is 4.79 Å². The number of hydrogen-bond donors (Lipinski definition) is 2. The second-order valence-corrected chi connectivity index (χ2v) is 6.51. The van der Waals surface area contributed by atoms with Crippen LogP contribution in [0.4, 0.5) is 0 Å². The van der Waals surface area contributed by atoms with Gasteiger partial charge in [0.1, 0.15) is 6.10 Å². The van der Waals surface area contributed by atoms with Gasteiger partial charge >= 0.3 is 0 Å². The van der Waals surface area contributed by atoms with Crippen molar-refractivity contribution in [1.82, 2.24) is 15.7 Å². The summed E-state index contributed by atoms with van der Waals surface area (Å²) in [6.45, 7) is 5.82. The normalized spacial score (nSPS) is 21.9. The molecule has 0 atom stereocenters. The van der Waals surface area contributed by atoms with Crippen molar-refractivity contribution in [2.75, 3.05) is 13.1 Å². The smallest absolute Gasteiger partial charge is 0.246 e. The molecule has 1 aromatic rings. The first-order valence-corrected chi connectivity index (χ1v) is 7.75. The van der Waals surface area contributed by atoms with Gasteiger partial charge in [-0.15, -0.1) is 0 Å². The van der Waals surface area contributed by atoms with Crippen molar-refractivity contribution in [2.24, 2.45) is 10.5 Å². The van der Waals surface area contributed by atoms with Gasteiger partial charge in [0.2, 0.25) is 11.8 Å². The van der Waals surface area contributed by atoms with E-state index in [2.05, 4.69) is 20.8 Å². The Morgan fingerprint density at radius 1 is 1.27 bits per heavy atom. The molecule has 0 saturated carbocycles. The molecule has 1 aromatic heterocycles. The molecule has 0 aromatic carbocycles. The second kappa shape index (κ2) is 6.04. The van der Waals surface area contributed by atoms with Gasteiger partial charge in [0, 0.05) is 24.2 Å². The number of aromatic nitrogens is 1. The Bertz CT molecular complexity index is 574. The van der Waals surface area contributed by atoms with Gasteiger partial charge < -0.3 is 10.1 Å². The van der Waals surface area contributed by atoms with Crippen LogP contribution in [0.3, 0.4) is 0 Å². The maximum absolute atomic E-state index is 11.7. The first-order chi connectivity index (χ1) is 10.5. The Hall–Kier alpha value is -1.95. The van der Waals surface area contributed by atoms with Crippen molar-refractivity contribution in [1.29, 1.82) is 0 Å². The maximum Gasteiger partial charge on any atom is 0.246 e. The first-order valence-electron chi connectivity index (χ1n) is 7.75. The van der Waals surface area contributed by atoms with Gasteiger partial charge in [-0.3, -0.25) is 4.79 Å². The van der Waals surface area contributed by atoms with Crippen molar-refractivity contribution >= 4 is 11.6 Å². The third kappa shape index (κ3) is 3.27. The van der Waals surface area contributed by atoms with E-state index in [-0.39, 0.29) is 12.0 Å². The fraction of sp³-hybridized carbons (Fsp3) is 0.562. The number of rotatable bonds is 3. The second-order valence-electron chi connectivity index (χ2n) is 6.51. The van der Waals surface area contributed by atoms with Crippen molar-refractivity contribution in [3.63, 3.8) is 0 Å². The molecule has 2 N–H and O–H groups in total. The lowest BCUT2D eigenvalue weighted by Gasteiger charge is -2.27. The molecule has 0 radical (unpaired) electrons. The molecule has 2 aliphatic rings. The summed E-state index contributed by atoms with van der Waals surface area (Å²) in [6.07, 6.45) is 4.63. The first kappa shape index (κ1) is 15.0. The number of hydrazone groups is 1. The van der Waals surface area contributed by atoms with Crippen LogP contribution in [0, 0.1) is 5.41 Å². The minimum absolute atomic E-state index is 0.0462. The molecule has 1 saturated heterocycles. The standard InChI is InChI=1S/C16H22N4O2/c1-16(2)9-13(19-20-15(16)21)11-3-4-14(18-10-11)22-12-5-7-17-8-6-12/h3-4,10,12,17H,5-9H2,1-2H3,(H,20,21). The summed E-state index contributed by atoms with van der Waals surface area (Å²) in [5, 5.41) is 7.46. The monoisotopic (exact) mass is 302 g/mol. The molecule has 6 heteroatoms. The fourth-order valence-electron chi connectivity index (χ4n) is 2.68. The summed E-state index contributed by atoms with van der Waals surface area (Å²) in [5.74, 6) is 0.602. The topological polar surface area (TPSA) is 75.6 Å². The van der Waals surface area contributed by atoms with E-state index >= 15 is 0 Å². The molecular weight excluding hydrogens is 280 g/mol. The van der Waals surface area contributed by atoms with E-state index in [1.807, 2.05) is 26.0 Å². The highest BCUT2D eigenvalue weighted by Crippen LogP contribution is 2.26. The molecule has 0 bridgehead atoms. The molecule has 1 amide bonds. The van der Waals surface area contributed by atoms with Crippen LogP contribution >= 0.6 is 0 Å². The summed E-state index contributed by atoms with van der Waals surface area (Å²) < 4.78 is 5.89. The van der Waals surface area contributed by atoms with Gasteiger partial charge in [0.25, 0.3) is 0 Å². The molecule has 3 heterocycles. The third-order valence-corrected chi connectivity index (χ3v) is 4.16. The minimum atomic E-state index is -0.443. The van der Waals surface area contributed by atoms with Crippen LogP contribution < -0.4 is 15.5 Å².